The van der Waals surface area contributed by atoms with E-state index in [0.29, 0.717) is 47.0 Å². The molecule has 1 aliphatic carbocycles. The maximum Gasteiger partial charge on any atom is 0.406 e. The molecule has 2 saturated heterocycles. The molecule has 8 nitrogen and oxygen atoms in total. The second-order valence-electron chi connectivity index (χ2n) is 11.0. The van der Waals surface area contributed by atoms with E-state index in [1.54, 1.807) is 41.2 Å². The Morgan fingerprint density at radius 1 is 0.975 bits per heavy atom. The third kappa shape index (κ3) is 4.54. The number of ether oxygens (including phenoxy) is 1. The van der Waals surface area contributed by atoms with E-state index < -0.39 is 24.5 Å². The summed E-state index contributed by atoms with van der Waals surface area (Å²) in [5.74, 6) is 0.698. The molecule has 0 N–H and O–H groups in total. The smallest absolute Gasteiger partial charge is 0.356 e. The lowest BCUT2D eigenvalue weighted by atomic mass is 10.1. The number of halogens is 3. The Kier molecular flexibility index (Phi) is 6.31. The lowest BCUT2D eigenvalue weighted by molar-refractivity contribution is -0.140. The average Bonchev–Trinajstić information content (AvgIpc) is 3.75. The van der Waals surface area contributed by atoms with Crippen LogP contribution in [0.25, 0.3) is 33.1 Å². The predicted molar refractivity (Wildman–Crippen MR) is 146 cm³/mol. The van der Waals surface area contributed by atoms with Gasteiger partial charge in [-0.05, 0) is 50.3 Å². The van der Waals surface area contributed by atoms with Crippen molar-refractivity contribution in [3.8, 4) is 11.3 Å². The molecule has 0 radical (unpaired) electrons. The molecule has 0 spiro atoms. The highest BCUT2D eigenvalue weighted by Gasteiger charge is 2.34. The first kappa shape index (κ1) is 25.5. The van der Waals surface area contributed by atoms with Crippen molar-refractivity contribution in [2.45, 2.75) is 57.1 Å². The Bertz CT molecular complexity index is 1610. The summed E-state index contributed by atoms with van der Waals surface area (Å²) in [4.78, 5) is 23.5. The van der Waals surface area contributed by atoms with Crippen LogP contribution in [0.1, 0.15) is 38.3 Å². The number of hydrogen-bond acceptors (Lipinski definition) is 6. The number of aromatic nitrogens is 4. The molecule has 0 bridgehead atoms. The first-order chi connectivity index (χ1) is 19.4. The van der Waals surface area contributed by atoms with E-state index in [1.165, 1.54) is 12.8 Å². The number of benzene rings is 1. The molecule has 0 amide bonds. The molecule has 40 heavy (non-hydrogen) atoms. The van der Waals surface area contributed by atoms with E-state index >= 15 is 0 Å². The number of para-hydroxylation sites is 1. The number of pyridine rings is 2. The third-order valence-electron chi connectivity index (χ3n) is 8.30. The highest BCUT2D eigenvalue weighted by atomic mass is 19.4. The van der Waals surface area contributed by atoms with Crippen LogP contribution in [0.15, 0.2) is 47.4 Å². The second kappa shape index (κ2) is 9.88. The molecule has 7 rings (SSSR count). The van der Waals surface area contributed by atoms with Crippen LogP contribution in [0.4, 0.5) is 19.0 Å². The van der Waals surface area contributed by atoms with Crippen LogP contribution in [-0.2, 0) is 11.3 Å². The molecule has 1 aromatic carbocycles. The maximum absolute atomic E-state index is 14.1. The van der Waals surface area contributed by atoms with Gasteiger partial charge in [0.15, 0.2) is 6.23 Å². The Morgan fingerprint density at radius 3 is 2.50 bits per heavy atom. The molecular weight excluding hydrogens is 521 g/mol. The van der Waals surface area contributed by atoms with Gasteiger partial charge < -0.3 is 9.64 Å². The van der Waals surface area contributed by atoms with Gasteiger partial charge in [-0.3, -0.25) is 14.3 Å². The van der Waals surface area contributed by atoms with E-state index in [0.717, 1.165) is 43.6 Å². The number of hydrogen-bond donors (Lipinski definition) is 0. The van der Waals surface area contributed by atoms with Crippen LogP contribution in [0.5, 0.6) is 0 Å². The maximum atomic E-state index is 14.1. The van der Waals surface area contributed by atoms with Gasteiger partial charge >= 0.3 is 6.18 Å². The Labute approximate surface area is 228 Å². The topological polar surface area (TPSA) is 68.4 Å². The number of fused-ring (bicyclic) bond motifs is 3. The molecule has 3 aromatic heterocycles. The lowest BCUT2D eigenvalue weighted by Gasteiger charge is -2.36. The number of rotatable bonds is 5. The van der Waals surface area contributed by atoms with E-state index in [-0.39, 0.29) is 10.9 Å². The fraction of sp³-hybridized carbons (Fsp3) is 0.483. The van der Waals surface area contributed by atoms with Crippen molar-refractivity contribution in [3.05, 3.63) is 52.9 Å². The van der Waals surface area contributed by atoms with Gasteiger partial charge in [-0.1, -0.05) is 18.2 Å². The van der Waals surface area contributed by atoms with Gasteiger partial charge in [0.1, 0.15) is 18.1 Å². The summed E-state index contributed by atoms with van der Waals surface area (Å²) in [7, 11) is 0. The van der Waals surface area contributed by atoms with E-state index in [1.807, 2.05) is 6.07 Å². The summed E-state index contributed by atoms with van der Waals surface area (Å²) in [5.41, 5.74) is 1.02. The Hall–Kier alpha value is -3.44. The standard InChI is InChI=1S/C29H31F3N6O2/c30-29(31,32)18-37-22-8-2-1-6-20(22)26-24(28(37)39)25(34-38(26)23-9-3-4-17-40-23)21-7-5-12-33-27(21)36-15-13-35(14-16-36)19-10-11-19/h1-2,5-8,12,19,23H,3-4,9-11,13-18H2. The van der Waals surface area contributed by atoms with Crippen molar-refractivity contribution < 1.29 is 17.9 Å². The van der Waals surface area contributed by atoms with Gasteiger partial charge in [0, 0.05) is 56.0 Å². The zero-order valence-corrected chi connectivity index (χ0v) is 22.1. The van der Waals surface area contributed by atoms with Crippen LogP contribution < -0.4 is 10.5 Å². The normalized spacial score (nSPS) is 21.0. The first-order valence-electron chi connectivity index (χ1n) is 14.1. The zero-order chi connectivity index (χ0) is 27.4. The fourth-order valence-corrected chi connectivity index (χ4v) is 6.27. The predicted octanol–water partition coefficient (Wildman–Crippen LogP) is 4.96. The summed E-state index contributed by atoms with van der Waals surface area (Å²) in [6.45, 7) is 2.60. The van der Waals surface area contributed by atoms with Gasteiger partial charge in [0.05, 0.1) is 16.4 Å². The number of nitrogens with zero attached hydrogens (tertiary/aromatic N) is 6. The van der Waals surface area contributed by atoms with E-state index in [4.69, 9.17) is 14.8 Å². The minimum Gasteiger partial charge on any atom is -0.356 e. The minimum atomic E-state index is -4.57. The number of anilines is 1. The molecule has 2 aliphatic heterocycles. The SMILES string of the molecule is O=c1c2c(-c3cccnc3N3CCN(C4CC4)CC3)nn(C3CCCCO3)c2c2ccccc2n1CC(F)(F)F. The molecule has 5 heterocycles. The van der Waals surface area contributed by atoms with Crippen LogP contribution in [0.2, 0.25) is 0 Å². The van der Waals surface area contributed by atoms with Crippen molar-refractivity contribution in [1.29, 1.82) is 0 Å². The highest BCUT2D eigenvalue weighted by molar-refractivity contribution is 6.09. The summed E-state index contributed by atoms with van der Waals surface area (Å²) >= 11 is 0. The fourth-order valence-electron chi connectivity index (χ4n) is 6.27. The molecular formula is C29H31F3N6O2. The van der Waals surface area contributed by atoms with E-state index in [2.05, 4.69) is 9.80 Å². The van der Waals surface area contributed by atoms with Crippen molar-refractivity contribution in [1.82, 2.24) is 24.2 Å². The largest absolute Gasteiger partial charge is 0.406 e. The van der Waals surface area contributed by atoms with Crippen LogP contribution in [-0.4, -0.2) is 69.2 Å². The van der Waals surface area contributed by atoms with Gasteiger partial charge in [-0.2, -0.15) is 18.3 Å². The molecule has 210 valence electrons. The quantitative estimate of drug-likeness (QED) is 0.349. The summed E-state index contributed by atoms with van der Waals surface area (Å²) in [6.07, 6.45) is 1.82. The van der Waals surface area contributed by atoms with Crippen molar-refractivity contribution in [2.24, 2.45) is 0 Å². The Balaban J connectivity index is 1.45. The molecule has 3 fully saturated rings. The molecule has 3 aliphatic rings. The molecule has 1 atom stereocenters. The Morgan fingerprint density at radius 2 is 1.77 bits per heavy atom. The van der Waals surface area contributed by atoms with Crippen LogP contribution in [0.3, 0.4) is 0 Å². The summed E-state index contributed by atoms with van der Waals surface area (Å²) in [6, 6.07) is 11.1. The molecule has 1 unspecified atom stereocenters. The number of piperazine rings is 1. The summed E-state index contributed by atoms with van der Waals surface area (Å²) < 4.78 is 49.9. The monoisotopic (exact) mass is 552 g/mol. The summed E-state index contributed by atoms with van der Waals surface area (Å²) in [5, 5.41) is 5.67. The van der Waals surface area contributed by atoms with Crippen LogP contribution >= 0.6 is 0 Å². The van der Waals surface area contributed by atoms with E-state index in [9.17, 15) is 18.0 Å². The van der Waals surface area contributed by atoms with Gasteiger partial charge in [0.25, 0.3) is 5.56 Å². The average molecular weight is 553 g/mol. The van der Waals surface area contributed by atoms with Gasteiger partial charge in [-0.15, -0.1) is 0 Å². The highest BCUT2D eigenvalue weighted by Crippen LogP contribution is 2.38. The number of alkyl halides is 3. The minimum absolute atomic E-state index is 0.169. The zero-order valence-electron chi connectivity index (χ0n) is 22.1. The van der Waals surface area contributed by atoms with Crippen molar-refractivity contribution >= 4 is 27.6 Å². The molecule has 1 saturated carbocycles. The van der Waals surface area contributed by atoms with Gasteiger partial charge in [0.2, 0.25) is 0 Å². The second-order valence-corrected chi connectivity index (χ2v) is 11.0. The van der Waals surface area contributed by atoms with Crippen LogP contribution in [0, 0.1) is 0 Å². The lowest BCUT2D eigenvalue weighted by Crippen LogP contribution is -2.47. The van der Waals surface area contributed by atoms with Gasteiger partial charge in [-0.25, -0.2) is 9.67 Å². The molecule has 11 heteroatoms. The first-order valence-corrected chi connectivity index (χ1v) is 14.1. The molecule has 4 aromatic rings. The van der Waals surface area contributed by atoms with Crippen molar-refractivity contribution in [3.63, 3.8) is 0 Å². The van der Waals surface area contributed by atoms with Crippen molar-refractivity contribution in [2.75, 3.05) is 37.7 Å². The third-order valence-corrected chi connectivity index (χ3v) is 8.30.